The SMILES string of the molecule is CCCCCO.[Li]. The summed E-state index contributed by atoms with van der Waals surface area (Å²) < 4.78 is 0. The van der Waals surface area contributed by atoms with Crippen LogP contribution in [0.4, 0.5) is 0 Å². The van der Waals surface area contributed by atoms with Crippen LogP contribution < -0.4 is 0 Å². The monoisotopic (exact) mass is 95.1 g/mol. The van der Waals surface area contributed by atoms with E-state index in [2.05, 4.69) is 6.92 Å². The number of hydrogen-bond donors (Lipinski definition) is 1. The van der Waals surface area contributed by atoms with Crippen molar-refractivity contribution < 1.29 is 5.11 Å². The summed E-state index contributed by atoms with van der Waals surface area (Å²) in [4.78, 5) is 0. The van der Waals surface area contributed by atoms with Crippen LogP contribution >= 0.6 is 0 Å². The van der Waals surface area contributed by atoms with Crippen LogP contribution in [-0.2, 0) is 0 Å². The van der Waals surface area contributed by atoms with E-state index in [-0.39, 0.29) is 18.9 Å². The first-order chi connectivity index (χ1) is 2.91. The second-order valence-electron chi connectivity index (χ2n) is 1.43. The van der Waals surface area contributed by atoms with E-state index in [9.17, 15) is 0 Å². The molecule has 0 aliphatic rings. The summed E-state index contributed by atoms with van der Waals surface area (Å²) in [6, 6.07) is 0. The van der Waals surface area contributed by atoms with Crippen molar-refractivity contribution >= 4 is 18.9 Å². The van der Waals surface area contributed by atoms with E-state index >= 15 is 0 Å². The van der Waals surface area contributed by atoms with Crippen molar-refractivity contribution in [1.29, 1.82) is 0 Å². The molecule has 0 unspecified atom stereocenters. The van der Waals surface area contributed by atoms with Gasteiger partial charge in [0.05, 0.1) is 0 Å². The van der Waals surface area contributed by atoms with Gasteiger partial charge >= 0.3 is 0 Å². The van der Waals surface area contributed by atoms with Gasteiger partial charge in [-0.15, -0.1) is 0 Å². The van der Waals surface area contributed by atoms with Crippen LogP contribution in [-0.4, -0.2) is 30.6 Å². The fourth-order valence-electron chi connectivity index (χ4n) is 0.362. The molecule has 0 aliphatic carbocycles. The number of aliphatic hydroxyl groups is 1. The Morgan fingerprint density at radius 3 is 2.00 bits per heavy atom. The van der Waals surface area contributed by atoms with Crippen molar-refractivity contribution in [1.82, 2.24) is 0 Å². The maximum atomic E-state index is 8.20. The van der Waals surface area contributed by atoms with Gasteiger partial charge in [-0.05, 0) is 6.42 Å². The molecule has 0 fully saturated rings. The Kier molecular flexibility index (Phi) is 14.7. The Morgan fingerprint density at radius 2 is 1.86 bits per heavy atom. The van der Waals surface area contributed by atoms with Gasteiger partial charge in [-0.3, -0.25) is 0 Å². The summed E-state index contributed by atoms with van der Waals surface area (Å²) in [5.41, 5.74) is 0. The molecule has 0 amide bonds. The van der Waals surface area contributed by atoms with Crippen molar-refractivity contribution in [3.8, 4) is 0 Å². The van der Waals surface area contributed by atoms with Gasteiger partial charge in [0.25, 0.3) is 0 Å². The maximum Gasteiger partial charge on any atom is 0.0431 e. The molecule has 0 rings (SSSR count). The van der Waals surface area contributed by atoms with E-state index in [1.807, 2.05) is 0 Å². The van der Waals surface area contributed by atoms with E-state index in [1.54, 1.807) is 0 Å². The summed E-state index contributed by atoms with van der Waals surface area (Å²) >= 11 is 0. The molecule has 39 valence electrons. The Bertz CT molecular complexity index is 20.0. The van der Waals surface area contributed by atoms with Gasteiger partial charge < -0.3 is 5.11 Å². The van der Waals surface area contributed by atoms with Gasteiger partial charge in [0.2, 0.25) is 0 Å². The van der Waals surface area contributed by atoms with Crippen molar-refractivity contribution in [3.63, 3.8) is 0 Å². The predicted octanol–water partition coefficient (Wildman–Crippen LogP) is 0.788. The molecule has 1 N–H and O–H groups in total. The third-order valence-electron chi connectivity index (χ3n) is 0.762. The smallest absolute Gasteiger partial charge is 0.0431 e. The largest absolute Gasteiger partial charge is 0.396 e. The van der Waals surface area contributed by atoms with Crippen LogP contribution in [0, 0.1) is 0 Å². The molecule has 0 bridgehead atoms. The van der Waals surface area contributed by atoms with Crippen LogP contribution in [0.15, 0.2) is 0 Å². The van der Waals surface area contributed by atoms with Crippen LogP contribution in [0.25, 0.3) is 0 Å². The Morgan fingerprint density at radius 1 is 1.29 bits per heavy atom. The number of rotatable bonds is 3. The second kappa shape index (κ2) is 9.75. The van der Waals surface area contributed by atoms with E-state index < -0.39 is 0 Å². The normalized spacial score (nSPS) is 7.71. The molecule has 0 spiro atoms. The topological polar surface area (TPSA) is 20.2 Å². The molecule has 7 heavy (non-hydrogen) atoms. The minimum absolute atomic E-state index is 0. The number of unbranched alkanes of at least 4 members (excludes halogenated alkanes) is 2. The van der Waals surface area contributed by atoms with Crippen molar-refractivity contribution in [3.05, 3.63) is 0 Å². The third-order valence-corrected chi connectivity index (χ3v) is 0.762. The molecule has 1 radical (unpaired) electrons. The van der Waals surface area contributed by atoms with E-state index in [0.29, 0.717) is 6.61 Å². The van der Waals surface area contributed by atoms with Crippen LogP contribution in [0.1, 0.15) is 26.2 Å². The Labute approximate surface area is 57.3 Å². The molecule has 0 aliphatic heterocycles. The molecule has 0 saturated carbocycles. The molecular weight excluding hydrogens is 83.0 g/mol. The first-order valence-corrected chi connectivity index (χ1v) is 2.52. The Hall–Kier alpha value is 0.557. The standard InChI is InChI=1S/C5H12O.Li/c1-2-3-4-5-6;/h6H,2-5H2,1H3;. The maximum absolute atomic E-state index is 8.20. The zero-order chi connectivity index (χ0) is 4.83. The van der Waals surface area contributed by atoms with Gasteiger partial charge in [0.15, 0.2) is 0 Å². The van der Waals surface area contributed by atoms with E-state index in [0.717, 1.165) is 12.8 Å². The number of aliphatic hydroxyl groups excluding tert-OH is 1. The third kappa shape index (κ3) is 10.8. The zero-order valence-electron chi connectivity index (χ0n) is 5.28. The molecule has 1 nitrogen and oxygen atoms in total. The summed E-state index contributed by atoms with van der Waals surface area (Å²) in [6.45, 7) is 2.48. The average Bonchev–Trinajstić information content (AvgIpc) is 1.61. The van der Waals surface area contributed by atoms with Crippen LogP contribution in [0.5, 0.6) is 0 Å². The molecule has 2 heteroatoms. The van der Waals surface area contributed by atoms with Crippen molar-refractivity contribution in [2.24, 2.45) is 0 Å². The summed E-state index contributed by atoms with van der Waals surface area (Å²) in [5.74, 6) is 0. The minimum Gasteiger partial charge on any atom is -0.396 e. The summed E-state index contributed by atoms with van der Waals surface area (Å²) in [7, 11) is 0. The van der Waals surface area contributed by atoms with E-state index in [4.69, 9.17) is 5.11 Å². The molecule has 0 aromatic carbocycles. The second-order valence-corrected chi connectivity index (χ2v) is 1.43. The molecular formula is C5H12LiO. The summed E-state index contributed by atoms with van der Waals surface area (Å²) in [6.07, 6.45) is 3.33. The van der Waals surface area contributed by atoms with Gasteiger partial charge in [0, 0.05) is 25.5 Å². The van der Waals surface area contributed by atoms with Crippen molar-refractivity contribution in [2.75, 3.05) is 6.61 Å². The van der Waals surface area contributed by atoms with Gasteiger partial charge in [-0.1, -0.05) is 19.8 Å². The van der Waals surface area contributed by atoms with Gasteiger partial charge in [-0.2, -0.15) is 0 Å². The Balaban J connectivity index is 0. The molecule has 0 aromatic rings. The van der Waals surface area contributed by atoms with Gasteiger partial charge in [-0.25, -0.2) is 0 Å². The fourth-order valence-corrected chi connectivity index (χ4v) is 0.362. The first-order valence-electron chi connectivity index (χ1n) is 2.52. The quantitative estimate of drug-likeness (QED) is 0.406. The summed E-state index contributed by atoms with van der Waals surface area (Å²) in [5, 5.41) is 8.20. The number of hydrogen-bond acceptors (Lipinski definition) is 1. The first kappa shape index (κ1) is 10.5. The molecule has 0 aromatic heterocycles. The average molecular weight is 95.1 g/mol. The minimum atomic E-state index is 0. The molecule has 0 saturated heterocycles. The van der Waals surface area contributed by atoms with Gasteiger partial charge in [0.1, 0.15) is 0 Å². The zero-order valence-corrected chi connectivity index (χ0v) is 5.28. The fraction of sp³-hybridized carbons (Fsp3) is 1.00. The molecule has 0 heterocycles. The van der Waals surface area contributed by atoms with E-state index in [1.165, 1.54) is 6.42 Å². The predicted molar refractivity (Wildman–Crippen MR) is 32.4 cm³/mol. The van der Waals surface area contributed by atoms with Crippen molar-refractivity contribution in [2.45, 2.75) is 26.2 Å². The van der Waals surface area contributed by atoms with Crippen LogP contribution in [0.3, 0.4) is 0 Å². The van der Waals surface area contributed by atoms with Crippen LogP contribution in [0.2, 0.25) is 0 Å². The molecule has 0 atom stereocenters.